The van der Waals surface area contributed by atoms with Gasteiger partial charge in [0.1, 0.15) is 11.8 Å². The van der Waals surface area contributed by atoms with Crippen molar-refractivity contribution in [2.24, 2.45) is 5.84 Å². The maximum atomic E-state index is 13.7. The zero-order chi connectivity index (χ0) is 14.1. The molecule has 0 spiro atoms. The van der Waals surface area contributed by atoms with Crippen molar-refractivity contribution in [1.82, 2.24) is 5.43 Å². The third-order valence-corrected chi connectivity index (χ3v) is 3.53. The third kappa shape index (κ3) is 2.18. The van der Waals surface area contributed by atoms with Gasteiger partial charge in [0.05, 0.1) is 0 Å². The van der Waals surface area contributed by atoms with Gasteiger partial charge in [0.2, 0.25) is 0 Å². The molecule has 5 heteroatoms. The van der Waals surface area contributed by atoms with Crippen molar-refractivity contribution < 1.29 is 8.81 Å². The molecular formula is C15H12ClFN2O. The maximum Gasteiger partial charge on any atom is 0.169 e. The number of hydrogen-bond acceptors (Lipinski definition) is 3. The summed E-state index contributed by atoms with van der Waals surface area (Å²) in [5.41, 5.74) is 3.65. The number of furan rings is 1. The first-order valence-corrected chi connectivity index (χ1v) is 6.47. The third-order valence-electron chi connectivity index (χ3n) is 3.18. The van der Waals surface area contributed by atoms with Crippen LogP contribution in [0.4, 0.5) is 4.39 Å². The molecule has 0 aliphatic heterocycles. The number of hydrogen-bond donors (Lipinski definition) is 2. The zero-order valence-electron chi connectivity index (χ0n) is 10.4. The Balaban J connectivity index is 2.12. The molecule has 102 valence electrons. The van der Waals surface area contributed by atoms with Gasteiger partial charge in [-0.15, -0.1) is 0 Å². The van der Waals surface area contributed by atoms with E-state index in [2.05, 4.69) is 5.43 Å². The first-order chi connectivity index (χ1) is 9.70. The molecule has 0 amide bonds. The van der Waals surface area contributed by atoms with Gasteiger partial charge in [0.25, 0.3) is 0 Å². The van der Waals surface area contributed by atoms with Gasteiger partial charge >= 0.3 is 0 Å². The fourth-order valence-corrected chi connectivity index (χ4v) is 2.47. The highest BCUT2D eigenvalue weighted by Gasteiger charge is 2.20. The first-order valence-electron chi connectivity index (χ1n) is 6.09. The van der Waals surface area contributed by atoms with E-state index in [1.165, 1.54) is 6.07 Å². The molecule has 0 aliphatic carbocycles. The normalized spacial score (nSPS) is 12.8. The topological polar surface area (TPSA) is 51.2 Å². The second-order valence-electron chi connectivity index (χ2n) is 4.43. The fraction of sp³-hybridized carbons (Fsp3) is 0.0667. The molecule has 1 unspecified atom stereocenters. The number of nitrogens with two attached hydrogens (primary N) is 1. The van der Waals surface area contributed by atoms with Gasteiger partial charge in [-0.2, -0.15) is 0 Å². The van der Waals surface area contributed by atoms with Crippen molar-refractivity contribution in [2.45, 2.75) is 6.04 Å². The van der Waals surface area contributed by atoms with Crippen LogP contribution in [0.2, 0.25) is 5.02 Å². The van der Waals surface area contributed by atoms with E-state index in [0.717, 1.165) is 5.56 Å². The van der Waals surface area contributed by atoms with Crippen molar-refractivity contribution in [2.75, 3.05) is 0 Å². The number of para-hydroxylation sites is 1. The Morgan fingerprint density at radius 3 is 2.65 bits per heavy atom. The second-order valence-corrected chi connectivity index (χ2v) is 4.84. The molecule has 0 saturated heterocycles. The number of halogens is 2. The molecule has 2 aromatic carbocycles. The van der Waals surface area contributed by atoms with Crippen molar-refractivity contribution in [3.05, 3.63) is 70.7 Å². The van der Waals surface area contributed by atoms with Gasteiger partial charge in [-0.1, -0.05) is 41.9 Å². The van der Waals surface area contributed by atoms with E-state index < -0.39 is 11.9 Å². The first kappa shape index (κ1) is 13.1. The second kappa shape index (κ2) is 5.25. The summed E-state index contributed by atoms with van der Waals surface area (Å²) in [6.45, 7) is 0. The van der Waals surface area contributed by atoms with Crippen LogP contribution in [0.3, 0.4) is 0 Å². The molecule has 3 aromatic rings. The Morgan fingerprint density at radius 2 is 1.95 bits per heavy atom. The Kier molecular flexibility index (Phi) is 3.44. The highest BCUT2D eigenvalue weighted by molar-refractivity contribution is 6.31. The van der Waals surface area contributed by atoms with Gasteiger partial charge in [-0.25, -0.2) is 9.82 Å². The summed E-state index contributed by atoms with van der Waals surface area (Å²) in [6, 6.07) is 13.4. The van der Waals surface area contributed by atoms with E-state index in [-0.39, 0.29) is 5.58 Å². The van der Waals surface area contributed by atoms with E-state index in [1.54, 1.807) is 24.3 Å². The highest BCUT2D eigenvalue weighted by Crippen LogP contribution is 2.32. The summed E-state index contributed by atoms with van der Waals surface area (Å²) in [4.78, 5) is 0. The predicted octanol–water partition coefficient (Wildman–Crippen LogP) is 3.78. The summed E-state index contributed by atoms with van der Waals surface area (Å²) < 4.78 is 19.3. The number of hydrazine groups is 1. The highest BCUT2D eigenvalue weighted by atomic mass is 35.5. The Bertz CT molecular complexity index is 756. The van der Waals surface area contributed by atoms with Crippen LogP contribution >= 0.6 is 11.6 Å². The average Bonchev–Trinajstić information content (AvgIpc) is 2.87. The molecule has 3 rings (SSSR count). The van der Waals surface area contributed by atoms with E-state index in [4.69, 9.17) is 21.9 Å². The minimum Gasteiger partial charge on any atom is -0.456 e. The lowest BCUT2D eigenvalue weighted by Crippen LogP contribution is -2.28. The largest absolute Gasteiger partial charge is 0.456 e. The van der Waals surface area contributed by atoms with Crippen molar-refractivity contribution in [3.63, 3.8) is 0 Å². The predicted molar refractivity (Wildman–Crippen MR) is 76.8 cm³/mol. The van der Waals surface area contributed by atoms with E-state index in [1.807, 2.05) is 18.2 Å². The van der Waals surface area contributed by atoms with Crippen LogP contribution in [0.15, 0.2) is 52.9 Å². The number of fused-ring (bicyclic) bond motifs is 1. The molecule has 1 aromatic heterocycles. The average molecular weight is 291 g/mol. The van der Waals surface area contributed by atoms with Crippen LogP contribution < -0.4 is 11.3 Å². The summed E-state index contributed by atoms with van der Waals surface area (Å²) in [7, 11) is 0. The number of nitrogens with one attached hydrogen (secondary N) is 1. The van der Waals surface area contributed by atoms with Gasteiger partial charge in [0.15, 0.2) is 11.4 Å². The van der Waals surface area contributed by atoms with Crippen molar-refractivity contribution in [3.8, 4) is 0 Å². The summed E-state index contributed by atoms with van der Waals surface area (Å²) in [5, 5.41) is 1.25. The molecule has 1 heterocycles. The quantitative estimate of drug-likeness (QED) is 0.570. The molecule has 3 N–H and O–H groups in total. The minimum absolute atomic E-state index is 0.217. The van der Waals surface area contributed by atoms with Crippen LogP contribution in [0.5, 0.6) is 0 Å². The van der Waals surface area contributed by atoms with Gasteiger partial charge < -0.3 is 4.42 Å². The van der Waals surface area contributed by atoms with Gasteiger partial charge in [-0.3, -0.25) is 5.84 Å². The molecule has 0 fully saturated rings. The SMILES string of the molecule is NNC(c1cc2cccc(F)c2o1)c1ccccc1Cl. The maximum absolute atomic E-state index is 13.7. The fourth-order valence-electron chi connectivity index (χ4n) is 2.22. The van der Waals surface area contributed by atoms with E-state index >= 15 is 0 Å². The summed E-state index contributed by atoms with van der Waals surface area (Å²) in [6.07, 6.45) is 0. The Labute approximate surface area is 120 Å². The van der Waals surface area contributed by atoms with E-state index in [0.29, 0.717) is 16.2 Å². The summed E-state index contributed by atoms with van der Waals surface area (Å²) in [5.74, 6) is 5.72. The van der Waals surface area contributed by atoms with E-state index in [9.17, 15) is 4.39 Å². The standard InChI is InChI=1S/C15H12ClFN2O/c16-11-6-2-1-5-10(11)14(19-18)13-8-9-4-3-7-12(17)15(9)20-13/h1-8,14,19H,18H2. The lowest BCUT2D eigenvalue weighted by Gasteiger charge is -2.14. The lowest BCUT2D eigenvalue weighted by molar-refractivity contribution is 0.465. The zero-order valence-corrected chi connectivity index (χ0v) is 11.2. The van der Waals surface area contributed by atoms with Crippen molar-refractivity contribution >= 4 is 22.6 Å². The molecule has 1 atom stereocenters. The molecule has 3 nitrogen and oxygen atoms in total. The molecular weight excluding hydrogens is 279 g/mol. The van der Waals surface area contributed by atoms with Crippen LogP contribution in [-0.2, 0) is 0 Å². The molecule has 0 saturated carbocycles. The van der Waals surface area contributed by atoms with Gasteiger partial charge in [-0.05, 0) is 23.8 Å². The van der Waals surface area contributed by atoms with Crippen LogP contribution in [0.1, 0.15) is 17.4 Å². The summed E-state index contributed by atoms with van der Waals surface area (Å²) >= 11 is 6.17. The van der Waals surface area contributed by atoms with Crippen LogP contribution in [0.25, 0.3) is 11.0 Å². The van der Waals surface area contributed by atoms with Crippen LogP contribution in [0, 0.1) is 5.82 Å². The number of benzene rings is 2. The molecule has 20 heavy (non-hydrogen) atoms. The molecule has 0 bridgehead atoms. The molecule has 0 radical (unpaired) electrons. The monoisotopic (exact) mass is 290 g/mol. The molecule has 0 aliphatic rings. The van der Waals surface area contributed by atoms with Crippen LogP contribution in [-0.4, -0.2) is 0 Å². The minimum atomic E-state index is -0.435. The van der Waals surface area contributed by atoms with Crippen molar-refractivity contribution in [1.29, 1.82) is 0 Å². The Hall–Kier alpha value is -1.88. The smallest absolute Gasteiger partial charge is 0.169 e. The lowest BCUT2D eigenvalue weighted by atomic mass is 10.0. The Morgan fingerprint density at radius 1 is 1.15 bits per heavy atom. The number of rotatable bonds is 3. The van der Waals surface area contributed by atoms with Gasteiger partial charge in [0, 0.05) is 10.4 Å².